The van der Waals surface area contributed by atoms with Crippen molar-refractivity contribution >= 4 is 12.6 Å². The molecule has 0 bridgehead atoms. The molecule has 10 heavy (non-hydrogen) atoms. The van der Waals surface area contributed by atoms with Crippen molar-refractivity contribution < 1.29 is 17.6 Å². The van der Waals surface area contributed by atoms with Crippen molar-refractivity contribution in [3.63, 3.8) is 0 Å². The molecule has 0 aromatic heterocycles. The number of hydrogen-bond acceptors (Lipinski definition) is 1. The van der Waals surface area contributed by atoms with Gasteiger partial charge in [-0.25, -0.2) is 4.39 Å². The van der Waals surface area contributed by atoms with E-state index < -0.39 is 18.1 Å². The van der Waals surface area contributed by atoms with Gasteiger partial charge in [-0.05, 0) is 12.8 Å². The number of rotatable bonds is 3. The van der Waals surface area contributed by atoms with Gasteiger partial charge in [0.1, 0.15) is 5.50 Å². The molecule has 1 atom stereocenters. The van der Waals surface area contributed by atoms with Crippen LogP contribution >= 0.6 is 12.6 Å². The van der Waals surface area contributed by atoms with Gasteiger partial charge in [0, 0.05) is 6.42 Å². The zero-order chi connectivity index (χ0) is 8.20. The monoisotopic (exact) mass is 176 g/mol. The molecule has 0 aromatic carbocycles. The van der Waals surface area contributed by atoms with Crippen LogP contribution in [0.4, 0.5) is 17.6 Å². The number of halogens is 4. The van der Waals surface area contributed by atoms with Gasteiger partial charge in [0.05, 0.1) is 0 Å². The van der Waals surface area contributed by atoms with Crippen LogP contribution in [0.5, 0.6) is 0 Å². The summed E-state index contributed by atoms with van der Waals surface area (Å²) in [5, 5.41) is 0. The van der Waals surface area contributed by atoms with Crippen molar-refractivity contribution in [1.82, 2.24) is 0 Å². The predicted molar refractivity (Wildman–Crippen MR) is 33.8 cm³/mol. The highest BCUT2D eigenvalue weighted by Crippen LogP contribution is 2.23. The normalized spacial score (nSPS) is 15.3. The Balaban J connectivity index is 3.21. The van der Waals surface area contributed by atoms with Gasteiger partial charge >= 0.3 is 6.18 Å². The third-order valence-electron chi connectivity index (χ3n) is 0.903. The third-order valence-corrected chi connectivity index (χ3v) is 1.16. The van der Waals surface area contributed by atoms with E-state index in [9.17, 15) is 17.6 Å². The first kappa shape index (κ1) is 10.1. The van der Waals surface area contributed by atoms with Gasteiger partial charge in [-0.15, -0.1) is 12.6 Å². The highest BCUT2D eigenvalue weighted by molar-refractivity contribution is 7.80. The van der Waals surface area contributed by atoms with Crippen molar-refractivity contribution in [1.29, 1.82) is 0 Å². The van der Waals surface area contributed by atoms with E-state index in [-0.39, 0.29) is 12.8 Å². The zero-order valence-corrected chi connectivity index (χ0v) is 6.05. The van der Waals surface area contributed by atoms with Crippen LogP contribution in [0, 0.1) is 0 Å². The summed E-state index contributed by atoms with van der Waals surface area (Å²) in [5.41, 5.74) is -1.43. The predicted octanol–water partition coefficient (Wildman–Crippen LogP) is 2.94. The Labute approximate surface area is 62.0 Å². The maximum Gasteiger partial charge on any atom is 0.389 e. The molecule has 0 nitrogen and oxygen atoms in total. The van der Waals surface area contributed by atoms with E-state index in [2.05, 4.69) is 12.6 Å². The summed E-state index contributed by atoms with van der Waals surface area (Å²) in [7, 11) is 0. The van der Waals surface area contributed by atoms with E-state index in [1.807, 2.05) is 0 Å². The van der Waals surface area contributed by atoms with Gasteiger partial charge in [-0.1, -0.05) is 0 Å². The Morgan fingerprint density at radius 2 is 1.80 bits per heavy atom. The number of alkyl halides is 4. The standard InChI is InChI=1S/C5H8F4S/c6-4(10)2-1-3-5(7,8)9/h4,10H,1-3H2. The fourth-order valence-corrected chi connectivity index (χ4v) is 0.654. The second-order valence-electron chi connectivity index (χ2n) is 1.94. The number of thiol groups is 1. The average molecular weight is 176 g/mol. The molecule has 0 aliphatic heterocycles. The smallest absolute Gasteiger partial charge is 0.236 e. The Hall–Kier alpha value is 0.0700. The van der Waals surface area contributed by atoms with Crippen molar-refractivity contribution in [2.24, 2.45) is 0 Å². The fourth-order valence-electron chi connectivity index (χ4n) is 0.471. The van der Waals surface area contributed by atoms with Crippen molar-refractivity contribution in [2.75, 3.05) is 0 Å². The van der Waals surface area contributed by atoms with Crippen LogP contribution in [0.25, 0.3) is 0 Å². The van der Waals surface area contributed by atoms with Gasteiger partial charge in [0.15, 0.2) is 0 Å². The van der Waals surface area contributed by atoms with Gasteiger partial charge < -0.3 is 0 Å². The molecule has 0 N–H and O–H groups in total. The average Bonchev–Trinajstić information content (AvgIpc) is 1.59. The second kappa shape index (κ2) is 4.05. The van der Waals surface area contributed by atoms with Crippen LogP contribution < -0.4 is 0 Å². The zero-order valence-electron chi connectivity index (χ0n) is 5.16. The summed E-state index contributed by atoms with van der Waals surface area (Å²) in [6.07, 6.45) is -5.41. The van der Waals surface area contributed by atoms with E-state index in [1.165, 1.54) is 0 Å². The first-order chi connectivity index (χ1) is 4.42. The molecule has 0 heterocycles. The van der Waals surface area contributed by atoms with Crippen LogP contribution in [-0.4, -0.2) is 11.7 Å². The molecule has 0 fully saturated rings. The third kappa shape index (κ3) is 8.07. The van der Waals surface area contributed by atoms with Crippen LogP contribution in [-0.2, 0) is 0 Å². The summed E-state index contributed by atoms with van der Waals surface area (Å²) in [6, 6.07) is 0. The molecule has 0 aliphatic rings. The van der Waals surface area contributed by atoms with Crippen LogP contribution in [0.1, 0.15) is 19.3 Å². The van der Waals surface area contributed by atoms with E-state index in [0.29, 0.717) is 0 Å². The minimum absolute atomic E-state index is 0.136. The minimum atomic E-state index is -4.16. The van der Waals surface area contributed by atoms with E-state index in [1.54, 1.807) is 0 Å². The first-order valence-electron chi connectivity index (χ1n) is 2.81. The van der Waals surface area contributed by atoms with Crippen LogP contribution in [0.3, 0.4) is 0 Å². The summed E-state index contributed by atoms with van der Waals surface area (Å²) in [6.45, 7) is 0. The largest absolute Gasteiger partial charge is 0.389 e. The summed E-state index contributed by atoms with van der Waals surface area (Å²) >= 11 is 3.29. The van der Waals surface area contributed by atoms with Crippen LogP contribution in [0.15, 0.2) is 0 Å². The summed E-state index contributed by atoms with van der Waals surface area (Å²) in [5.74, 6) is 0. The first-order valence-corrected chi connectivity index (χ1v) is 3.32. The molecule has 0 aromatic rings. The topological polar surface area (TPSA) is 0 Å². The molecule has 62 valence electrons. The maximum absolute atomic E-state index is 11.8. The van der Waals surface area contributed by atoms with E-state index in [0.717, 1.165) is 0 Å². The lowest BCUT2D eigenvalue weighted by Gasteiger charge is -2.04. The van der Waals surface area contributed by atoms with E-state index >= 15 is 0 Å². The molecular weight excluding hydrogens is 168 g/mol. The lowest BCUT2D eigenvalue weighted by molar-refractivity contribution is -0.135. The van der Waals surface area contributed by atoms with Crippen molar-refractivity contribution in [3.05, 3.63) is 0 Å². The fraction of sp³-hybridized carbons (Fsp3) is 1.00. The molecule has 0 rings (SSSR count). The van der Waals surface area contributed by atoms with Crippen LogP contribution in [0.2, 0.25) is 0 Å². The van der Waals surface area contributed by atoms with Gasteiger partial charge in [0.25, 0.3) is 0 Å². The van der Waals surface area contributed by atoms with Crippen molar-refractivity contribution in [2.45, 2.75) is 30.9 Å². The Kier molecular flexibility index (Phi) is 4.08. The lowest BCUT2D eigenvalue weighted by Crippen LogP contribution is -2.07. The Morgan fingerprint density at radius 3 is 2.10 bits per heavy atom. The SMILES string of the molecule is FC(S)CCCC(F)(F)F. The second-order valence-corrected chi connectivity index (χ2v) is 2.50. The molecule has 0 spiro atoms. The van der Waals surface area contributed by atoms with Gasteiger partial charge in [-0.3, -0.25) is 0 Å². The Morgan fingerprint density at radius 1 is 1.30 bits per heavy atom. The molecule has 0 saturated heterocycles. The van der Waals surface area contributed by atoms with Gasteiger partial charge in [-0.2, -0.15) is 13.2 Å². The molecular formula is C5H8F4S. The van der Waals surface area contributed by atoms with Gasteiger partial charge in [0.2, 0.25) is 0 Å². The Bertz CT molecular complexity index is 88.1. The summed E-state index contributed by atoms with van der Waals surface area (Å²) in [4.78, 5) is 0. The lowest BCUT2D eigenvalue weighted by atomic mass is 10.2. The molecule has 0 saturated carbocycles. The van der Waals surface area contributed by atoms with Crippen molar-refractivity contribution in [3.8, 4) is 0 Å². The highest BCUT2D eigenvalue weighted by Gasteiger charge is 2.26. The summed E-state index contributed by atoms with van der Waals surface area (Å²) < 4.78 is 45.8. The molecule has 0 radical (unpaired) electrons. The molecule has 5 heteroatoms. The van der Waals surface area contributed by atoms with E-state index in [4.69, 9.17) is 0 Å². The molecule has 0 amide bonds. The maximum atomic E-state index is 11.8. The minimum Gasteiger partial charge on any atom is -0.236 e. The molecule has 1 unspecified atom stereocenters. The highest BCUT2D eigenvalue weighted by atomic mass is 32.1. The molecule has 0 aliphatic carbocycles. The number of hydrogen-bond donors (Lipinski definition) is 1. The quantitative estimate of drug-likeness (QED) is 0.496.